The number of hydrogen-bond donors (Lipinski definition) is 1. The van der Waals surface area contributed by atoms with E-state index in [0.29, 0.717) is 30.2 Å². The maximum atomic E-state index is 12.6. The second kappa shape index (κ2) is 8.35. The van der Waals surface area contributed by atoms with E-state index in [1.807, 2.05) is 24.3 Å². The average Bonchev–Trinajstić information content (AvgIpc) is 3.44. The average molecular weight is 415 g/mol. The van der Waals surface area contributed by atoms with Crippen molar-refractivity contribution in [3.8, 4) is 11.8 Å². The lowest BCUT2D eigenvalue weighted by Gasteiger charge is -2.13. The Bertz CT molecular complexity index is 830. The quantitative estimate of drug-likeness (QED) is 0.692. The molecule has 0 aromatic heterocycles. The van der Waals surface area contributed by atoms with Crippen LogP contribution in [0.25, 0.3) is 0 Å². The number of rotatable bonds is 7. The monoisotopic (exact) mass is 414 g/mol. The summed E-state index contributed by atoms with van der Waals surface area (Å²) >= 11 is 3.42. The minimum absolute atomic E-state index is 0.0513. The van der Waals surface area contributed by atoms with Crippen molar-refractivity contribution in [3.05, 3.63) is 58.1 Å². The second-order valence-electron chi connectivity index (χ2n) is 6.15. The lowest BCUT2D eigenvalue weighted by Crippen LogP contribution is -2.16. The Morgan fingerprint density at radius 3 is 2.73 bits per heavy atom. The predicted octanol–water partition coefficient (Wildman–Crippen LogP) is 4.09. The third kappa shape index (κ3) is 4.43. The van der Waals surface area contributed by atoms with Crippen molar-refractivity contribution >= 4 is 27.5 Å². The molecular weight excluding hydrogens is 396 g/mol. The number of methoxy groups -OCH3 is 1. The van der Waals surface area contributed by atoms with E-state index in [1.165, 1.54) is 0 Å². The zero-order chi connectivity index (χ0) is 18.5. The van der Waals surface area contributed by atoms with Gasteiger partial charge in [0, 0.05) is 17.5 Å². The summed E-state index contributed by atoms with van der Waals surface area (Å²) in [5.41, 5.74) is 2.15. The molecule has 6 heteroatoms. The third-order valence-electron chi connectivity index (χ3n) is 4.34. The molecule has 134 valence electrons. The van der Waals surface area contributed by atoms with Crippen LogP contribution in [0.1, 0.15) is 23.5 Å². The van der Waals surface area contributed by atoms with Gasteiger partial charge in [0.1, 0.15) is 12.4 Å². The van der Waals surface area contributed by atoms with Gasteiger partial charge >= 0.3 is 0 Å². The predicted molar refractivity (Wildman–Crippen MR) is 102 cm³/mol. The van der Waals surface area contributed by atoms with Gasteiger partial charge in [0.15, 0.2) is 0 Å². The Kier molecular flexibility index (Phi) is 5.92. The van der Waals surface area contributed by atoms with Crippen LogP contribution in [-0.4, -0.2) is 26.2 Å². The van der Waals surface area contributed by atoms with E-state index >= 15 is 0 Å². The van der Waals surface area contributed by atoms with Crippen molar-refractivity contribution in [1.82, 2.24) is 0 Å². The fourth-order valence-corrected chi connectivity index (χ4v) is 3.11. The molecule has 5 nitrogen and oxygen atoms in total. The molecule has 0 aliphatic heterocycles. The highest BCUT2D eigenvalue weighted by Crippen LogP contribution is 2.48. The van der Waals surface area contributed by atoms with E-state index in [2.05, 4.69) is 27.3 Å². The number of anilines is 1. The van der Waals surface area contributed by atoms with Crippen molar-refractivity contribution in [2.45, 2.75) is 12.3 Å². The highest BCUT2D eigenvalue weighted by atomic mass is 79.9. The maximum absolute atomic E-state index is 12.6. The number of ether oxygens (including phenoxy) is 2. The first kappa shape index (κ1) is 18.4. The Labute approximate surface area is 161 Å². The zero-order valence-electron chi connectivity index (χ0n) is 14.4. The number of carbonyl (C=O) groups excluding carboxylic acids is 1. The van der Waals surface area contributed by atoms with Gasteiger partial charge < -0.3 is 14.8 Å². The Morgan fingerprint density at radius 2 is 2.04 bits per heavy atom. The summed E-state index contributed by atoms with van der Waals surface area (Å²) in [6, 6.07) is 15.1. The van der Waals surface area contributed by atoms with Gasteiger partial charge in [-0.2, -0.15) is 5.26 Å². The van der Waals surface area contributed by atoms with Gasteiger partial charge in [0.2, 0.25) is 5.91 Å². The van der Waals surface area contributed by atoms with E-state index in [0.717, 1.165) is 16.5 Å². The molecule has 1 fully saturated rings. The van der Waals surface area contributed by atoms with Gasteiger partial charge in [-0.25, -0.2) is 0 Å². The summed E-state index contributed by atoms with van der Waals surface area (Å²) in [6.45, 7) is 0.817. The first-order valence-electron chi connectivity index (χ1n) is 8.34. The summed E-state index contributed by atoms with van der Waals surface area (Å²) < 4.78 is 11.7. The number of benzene rings is 2. The van der Waals surface area contributed by atoms with E-state index in [1.54, 1.807) is 25.3 Å². The lowest BCUT2D eigenvalue weighted by molar-refractivity contribution is -0.117. The number of hydrogen-bond acceptors (Lipinski definition) is 4. The fraction of sp³-hybridized carbons (Fsp3) is 0.300. The van der Waals surface area contributed by atoms with Crippen molar-refractivity contribution in [3.63, 3.8) is 0 Å². The SMILES string of the molecule is COCCOc1ccc(C#N)cc1NC(=O)[C@@H]1C[C@H]1c1ccc(Br)cc1. The Balaban J connectivity index is 1.68. The fourth-order valence-electron chi connectivity index (χ4n) is 2.85. The molecule has 0 spiro atoms. The number of carbonyl (C=O) groups is 1. The molecule has 1 amide bonds. The largest absolute Gasteiger partial charge is 0.489 e. The first-order valence-corrected chi connectivity index (χ1v) is 9.14. The van der Waals surface area contributed by atoms with Crippen molar-refractivity contribution in [2.24, 2.45) is 5.92 Å². The highest BCUT2D eigenvalue weighted by molar-refractivity contribution is 9.10. The zero-order valence-corrected chi connectivity index (χ0v) is 16.0. The highest BCUT2D eigenvalue weighted by Gasteiger charge is 2.44. The van der Waals surface area contributed by atoms with Gasteiger partial charge in [0.05, 0.1) is 23.9 Å². The van der Waals surface area contributed by atoms with Crippen LogP contribution < -0.4 is 10.1 Å². The molecule has 0 saturated heterocycles. The summed E-state index contributed by atoms with van der Waals surface area (Å²) in [7, 11) is 1.60. The minimum atomic E-state index is -0.0613. The van der Waals surface area contributed by atoms with Crippen molar-refractivity contribution < 1.29 is 14.3 Å². The molecule has 1 aliphatic carbocycles. The smallest absolute Gasteiger partial charge is 0.228 e. The molecular formula is C20H19BrN2O3. The summed E-state index contributed by atoms with van der Waals surface area (Å²) in [5, 5.41) is 12.0. The number of nitriles is 1. The van der Waals surface area contributed by atoms with Crippen LogP contribution in [0.4, 0.5) is 5.69 Å². The van der Waals surface area contributed by atoms with Crippen LogP contribution in [0.5, 0.6) is 5.75 Å². The molecule has 2 aromatic rings. The van der Waals surface area contributed by atoms with Gasteiger partial charge in [-0.05, 0) is 48.2 Å². The third-order valence-corrected chi connectivity index (χ3v) is 4.87. The molecule has 1 N–H and O–H groups in total. The van der Waals surface area contributed by atoms with Crippen LogP contribution in [0, 0.1) is 17.2 Å². The minimum Gasteiger partial charge on any atom is -0.489 e. The first-order chi connectivity index (χ1) is 12.6. The van der Waals surface area contributed by atoms with Gasteiger partial charge in [-0.15, -0.1) is 0 Å². The van der Waals surface area contributed by atoms with Crippen LogP contribution in [0.15, 0.2) is 46.9 Å². The Morgan fingerprint density at radius 1 is 1.27 bits per heavy atom. The standard InChI is InChI=1S/C20H19BrN2O3/c1-25-8-9-26-19-7-2-13(12-22)10-18(19)23-20(24)17-11-16(17)14-3-5-15(21)6-4-14/h2-7,10,16-17H,8-9,11H2,1H3,(H,23,24)/t16-,17+/m0/s1. The number of halogens is 1. The van der Waals surface area contributed by atoms with Crippen LogP contribution in [0.3, 0.4) is 0 Å². The number of nitrogens with zero attached hydrogens (tertiary/aromatic N) is 1. The lowest BCUT2D eigenvalue weighted by atomic mass is 10.1. The van der Waals surface area contributed by atoms with E-state index in [9.17, 15) is 4.79 Å². The van der Waals surface area contributed by atoms with Crippen molar-refractivity contribution in [1.29, 1.82) is 5.26 Å². The molecule has 0 unspecified atom stereocenters. The molecule has 1 saturated carbocycles. The van der Waals surface area contributed by atoms with Crippen LogP contribution >= 0.6 is 15.9 Å². The van der Waals surface area contributed by atoms with Crippen LogP contribution in [0.2, 0.25) is 0 Å². The normalized spacial score (nSPS) is 18.0. The topological polar surface area (TPSA) is 71.3 Å². The molecule has 26 heavy (non-hydrogen) atoms. The molecule has 0 bridgehead atoms. The summed E-state index contributed by atoms with van der Waals surface area (Å²) in [5.74, 6) is 0.661. The molecule has 0 heterocycles. The van der Waals surface area contributed by atoms with E-state index < -0.39 is 0 Å². The van der Waals surface area contributed by atoms with E-state index in [-0.39, 0.29) is 17.7 Å². The van der Waals surface area contributed by atoms with Crippen LogP contribution in [-0.2, 0) is 9.53 Å². The van der Waals surface area contributed by atoms with Gasteiger partial charge in [0.25, 0.3) is 0 Å². The van der Waals surface area contributed by atoms with Crippen molar-refractivity contribution in [2.75, 3.05) is 25.6 Å². The number of nitrogens with one attached hydrogen (secondary N) is 1. The maximum Gasteiger partial charge on any atom is 0.228 e. The molecule has 3 rings (SSSR count). The molecule has 2 aromatic carbocycles. The summed E-state index contributed by atoms with van der Waals surface area (Å²) in [4.78, 5) is 12.6. The molecule has 1 aliphatic rings. The second-order valence-corrected chi connectivity index (χ2v) is 7.07. The molecule has 0 radical (unpaired) electrons. The van der Waals surface area contributed by atoms with Gasteiger partial charge in [-0.3, -0.25) is 4.79 Å². The van der Waals surface area contributed by atoms with Gasteiger partial charge in [-0.1, -0.05) is 28.1 Å². The van der Waals surface area contributed by atoms with E-state index in [4.69, 9.17) is 14.7 Å². The summed E-state index contributed by atoms with van der Waals surface area (Å²) in [6.07, 6.45) is 0.825. The Hall–Kier alpha value is -2.36. The number of amides is 1. The molecule has 2 atom stereocenters.